The quantitative estimate of drug-likeness (QED) is 0.538. The molecular formula is C23H32N4O3. The molecule has 1 aliphatic rings. The number of guanidine groups is 1. The number of benzene rings is 1. The van der Waals surface area contributed by atoms with Gasteiger partial charge in [0.2, 0.25) is 0 Å². The van der Waals surface area contributed by atoms with Crippen LogP contribution in [-0.2, 0) is 17.7 Å². The average molecular weight is 413 g/mol. The number of rotatable bonds is 7. The van der Waals surface area contributed by atoms with E-state index in [-0.39, 0.29) is 12.1 Å². The maximum atomic E-state index is 11.9. The first-order chi connectivity index (χ1) is 14.6. The minimum Gasteiger partial charge on any atom is -0.469 e. The van der Waals surface area contributed by atoms with Crippen LogP contribution in [0.2, 0.25) is 0 Å². The number of ether oxygens (including phenoxy) is 1. The fraction of sp³-hybridized carbons (Fsp3) is 0.478. The first-order valence-electron chi connectivity index (χ1n) is 10.7. The molecule has 0 saturated carbocycles. The van der Waals surface area contributed by atoms with E-state index in [2.05, 4.69) is 41.8 Å². The Morgan fingerprint density at radius 3 is 2.80 bits per heavy atom. The van der Waals surface area contributed by atoms with Gasteiger partial charge in [0.25, 0.3) is 0 Å². The van der Waals surface area contributed by atoms with Crippen molar-refractivity contribution in [2.75, 3.05) is 26.2 Å². The lowest BCUT2D eigenvalue weighted by Gasteiger charge is -2.32. The predicted molar refractivity (Wildman–Crippen MR) is 117 cm³/mol. The molecule has 0 unspecified atom stereocenters. The number of nitrogens with zero attached hydrogens (tertiary/aromatic N) is 2. The van der Waals surface area contributed by atoms with E-state index >= 15 is 0 Å². The third-order valence-electron chi connectivity index (χ3n) is 5.11. The molecule has 7 nitrogen and oxygen atoms in total. The van der Waals surface area contributed by atoms with Gasteiger partial charge in [-0.2, -0.15) is 0 Å². The Hall–Kier alpha value is -2.96. The molecule has 7 heteroatoms. The summed E-state index contributed by atoms with van der Waals surface area (Å²) in [5.74, 6) is 1.74. The number of likely N-dealkylation sites (tertiary alicyclic amines) is 1. The number of hydrogen-bond donors (Lipinski definition) is 2. The molecular weight excluding hydrogens is 380 g/mol. The summed E-state index contributed by atoms with van der Waals surface area (Å²) >= 11 is 0. The predicted octanol–water partition coefficient (Wildman–Crippen LogP) is 3.49. The molecule has 0 radical (unpaired) electrons. The number of carbonyl (C=O) groups excluding carboxylic acids is 1. The molecule has 1 fully saturated rings. The van der Waals surface area contributed by atoms with Crippen molar-refractivity contribution in [3.63, 3.8) is 0 Å². The van der Waals surface area contributed by atoms with Crippen LogP contribution in [0.15, 0.2) is 52.1 Å². The summed E-state index contributed by atoms with van der Waals surface area (Å²) in [6.45, 7) is 7.05. The van der Waals surface area contributed by atoms with Gasteiger partial charge in [-0.1, -0.05) is 29.8 Å². The van der Waals surface area contributed by atoms with Crippen molar-refractivity contribution in [3.8, 4) is 0 Å². The third-order valence-corrected chi connectivity index (χ3v) is 5.11. The minimum atomic E-state index is -0.221. The summed E-state index contributed by atoms with van der Waals surface area (Å²) in [7, 11) is 0. The van der Waals surface area contributed by atoms with Gasteiger partial charge in [0.05, 0.1) is 19.4 Å². The van der Waals surface area contributed by atoms with Gasteiger partial charge in [0.15, 0.2) is 5.96 Å². The molecule has 1 aromatic carbocycles. The van der Waals surface area contributed by atoms with E-state index in [0.29, 0.717) is 26.2 Å². The number of amides is 1. The Balaban J connectivity index is 1.56. The number of aryl methyl sites for hydroxylation is 1. The van der Waals surface area contributed by atoms with Crippen LogP contribution in [0.3, 0.4) is 0 Å². The SMILES string of the molecule is CCOC(=O)N1CCC(NC(=NCc2cccc(C)c2)NCCc2ccco2)CC1. The number of carbonyl (C=O) groups is 1. The normalized spacial score (nSPS) is 15.1. The zero-order valence-corrected chi connectivity index (χ0v) is 17.9. The van der Waals surface area contributed by atoms with E-state index in [4.69, 9.17) is 14.1 Å². The maximum Gasteiger partial charge on any atom is 0.409 e. The van der Waals surface area contributed by atoms with Crippen LogP contribution in [0.4, 0.5) is 4.79 Å². The third kappa shape index (κ3) is 6.83. The lowest BCUT2D eigenvalue weighted by Crippen LogP contribution is -2.50. The topological polar surface area (TPSA) is 79.1 Å². The van der Waals surface area contributed by atoms with Crippen molar-refractivity contribution in [3.05, 3.63) is 59.5 Å². The van der Waals surface area contributed by atoms with Crippen LogP contribution in [-0.4, -0.2) is 49.2 Å². The maximum absolute atomic E-state index is 11.9. The summed E-state index contributed by atoms with van der Waals surface area (Å²) in [5.41, 5.74) is 2.41. The highest BCUT2D eigenvalue weighted by molar-refractivity contribution is 5.80. The Bertz CT molecular complexity index is 812. The van der Waals surface area contributed by atoms with Crippen molar-refractivity contribution in [1.29, 1.82) is 0 Å². The summed E-state index contributed by atoms with van der Waals surface area (Å²) in [5, 5.41) is 6.96. The van der Waals surface area contributed by atoms with Gasteiger partial charge in [-0.05, 0) is 44.4 Å². The van der Waals surface area contributed by atoms with Crippen LogP contribution in [0, 0.1) is 6.92 Å². The number of piperidine rings is 1. The molecule has 0 aliphatic carbocycles. The number of furan rings is 1. The Kier molecular flexibility index (Phi) is 8.18. The van der Waals surface area contributed by atoms with Crippen LogP contribution >= 0.6 is 0 Å². The minimum absolute atomic E-state index is 0.221. The molecule has 2 aromatic rings. The lowest BCUT2D eigenvalue weighted by atomic mass is 10.1. The van der Waals surface area contributed by atoms with Crippen molar-refractivity contribution < 1.29 is 13.9 Å². The Labute approximate surface area is 178 Å². The summed E-state index contributed by atoms with van der Waals surface area (Å²) in [6, 6.07) is 12.5. The standard InChI is InChI=1S/C23H32N4O3/c1-3-29-23(28)27-13-10-20(11-14-27)26-22(24-12-9-21-8-5-15-30-21)25-17-19-7-4-6-18(2)16-19/h4-8,15-16,20H,3,9-14,17H2,1-2H3,(H2,24,25,26). The molecule has 1 aromatic heterocycles. The Morgan fingerprint density at radius 1 is 1.27 bits per heavy atom. The van der Waals surface area contributed by atoms with E-state index < -0.39 is 0 Å². The fourth-order valence-corrected chi connectivity index (χ4v) is 3.51. The largest absolute Gasteiger partial charge is 0.469 e. The monoisotopic (exact) mass is 412 g/mol. The zero-order chi connectivity index (χ0) is 21.2. The van der Waals surface area contributed by atoms with Gasteiger partial charge >= 0.3 is 6.09 Å². The lowest BCUT2D eigenvalue weighted by molar-refractivity contribution is 0.0963. The average Bonchev–Trinajstić information content (AvgIpc) is 3.26. The van der Waals surface area contributed by atoms with Gasteiger partial charge in [-0.15, -0.1) is 0 Å². The first kappa shape index (κ1) is 21.7. The summed E-state index contributed by atoms with van der Waals surface area (Å²) in [6.07, 6.45) is 3.99. The van der Waals surface area contributed by atoms with E-state index in [0.717, 1.165) is 37.5 Å². The van der Waals surface area contributed by atoms with Gasteiger partial charge < -0.3 is 24.7 Å². The summed E-state index contributed by atoms with van der Waals surface area (Å²) < 4.78 is 10.5. The van der Waals surface area contributed by atoms with Crippen molar-refractivity contribution >= 4 is 12.1 Å². The van der Waals surface area contributed by atoms with Crippen molar-refractivity contribution in [2.45, 2.75) is 45.7 Å². The second-order valence-corrected chi connectivity index (χ2v) is 7.51. The number of aliphatic imine (C=N–C) groups is 1. The molecule has 1 saturated heterocycles. The van der Waals surface area contributed by atoms with Crippen LogP contribution in [0.1, 0.15) is 36.7 Å². The first-order valence-corrected chi connectivity index (χ1v) is 10.7. The summed E-state index contributed by atoms with van der Waals surface area (Å²) in [4.78, 5) is 18.5. The number of hydrogen-bond acceptors (Lipinski definition) is 4. The van der Waals surface area contributed by atoms with E-state index in [1.165, 1.54) is 11.1 Å². The molecule has 3 rings (SSSR count). The molecule has 1 amide bonds. The molecule has 162 valence electrons. The Morgan fingerprint density at radius 2 is 2.10 bits per heavy atom. The molecule has 0 atom stereocenters. The highest BCUT2D eigenvalue weighted by Gasteiger charge is 2.24. The molecule has 0 spiro atoms. The van der Waals surface area contributed by atoms with E-state index in [1.54, 1.807) is 11.2 Å². The highest BCUT2D eigenvalue weighted by atomic mass is 16.6. The second-order valence-electron chi connectivity index (χ2n) is 7.51. The van der Waals surface area contributed by atoms with E-state index in [1.807, 2.05) is 19.1 Å². The highest BCUT2D eigenvalue weighted by Crippen LogP contribution is 2.12. The zero-order valence-electron chi connectivity index (χ0n) is 17.9. The van der Waals surface area contributed by atoms with Crippen LogP contribution in [0.5, 0.6) is 0 Å². The van der Waals surface area contributed by atoms with Gasteiger partial charge in [0.1, 0.15) is 5.76 Å². The molecule has 2 N–H and O–H groups in total. The van der Waals surface area contributed by atoms with Gasteiger partial charge in [-0.25, -0.2) is 9.79 Å². The second kappa shape index (κ2) is 11.3. The molecule has 2 heterocycles. The molecule has 30 heavy (non-hydrogen) atoms. The molecule has 1 aliphatic heterocycles. The van der Waals surface area contributed by atoms with Gasteiger partial charge in [0, 0.05) is 32.1 Å². The smallest absolute Gasteiger partial charge is 0.409 e. The van der Waals surface area contributed by atoms with Crippen molar-refractivity contribution in [2.24, 2.45) is 4.99 Å². The van der Waals surface area contributed by atoms with Crippen LogP contribution in [0.25, 0.3) is 0 Å². The molecule has 0 bridgehead atoms. The number of nitrogens with one attached hydrogen (secondary N) is 2. The van der Waals surface area contributed by atoms with Gasteiger partial charge in [-0.3, -0.25) is 0 Å². The fourth-order valence-electron chi connectivity index (χ4n) is 3.51. The van der Waals surface area contributed by atoms with Crippen LogP contribution < -0.4 is 10.6 Å². The van der Waals surface area contributed by atoms with Crippen molar-refractivity contribution in [1.82, 2.24) is 15.5 Å². The van der Waals surface area contributed by atoms with E-state index in [9.17, 15) is 4.79 Å².